The Morgan fingerprint density at radius 3 is 2.20 bits per heavy atom. The Hall–Kier alpha value is -3.66. The molecule has 0 amide bonds. The molecule has 1 aliphatic heterocycles. The number of para-hydroxylation sites is 1. The predicted molar refractivity (Wildman–Crippen MR) is 182 cm³/mol. The van der Waals surface area contributed by atoms with Crippen LogP contribution in [-0.4, -0.2) is 64.6 Å². The second-order valence-corrected chi connectivity index (χ2v) is 10.2. The third-order valence-electron chi connectivity index (χ3n) is 7.16. The molecule has 1 heterocycles. The molecule has 0 aliphatic carbocycles. The van der Waals surface area contributed by atoms with E-state index < -0.39 is 0 Å². The Bertz CT molecular complexity index is 1250. The summed E-state index contributed by atoms with van der Waals surface area (Å²) in [5.74, 6) is 3.26. The van der Waals surface area contributed by atoms with E-state index in [1.807, 2.05) is 55.5 Å². The van der Waals surface area contributed by atoms with Gasteiger partial charge in [0.15, 0.2) is 0 Å². The summed E-state index contributed by atoms with van der Waals surface area (Å²) in [6.45, 7) is 9.68. The highest BCUT2D eigenvalue weighted by Gasteiger charge is 2.14. The summed E-state index contributed by atoms with van der Waals surface area (Å²) in [4.78, 5) is 0. The minimum Gasteiger partial charge on any atom is -0.496 e. The summed E-state index contributed by atoms with van der Waals surface area (Å²) >= 11 is 0. The number of aliphatic hydroxyl groups excluding tert-OH is 2. The van der Waals surface area contributed by atoms with E-state index in [-0.39, 0.29) is 13.4 Å². The SMILES string of the molecule is C=Cc1cc(CO)cc(OC)c1/C=C\C.COCO.COc1ccccc1COCCCOc1ccc(C2CCNCC2)cc1. The molecule has 1 saturated heterocycles. The van der Waals surface area contributed by atoms with Gasteiger partial charge in [-0.05, 0) is 85.8 Å². The van der Waals surface area contributed by atoms with E-state index in [4.69, 9.17) is 29.2 Å². The fraction of sp³-hybridized carbons (Fsp3) is 0.405. The fourth-order valence-electron chi connectivity index (χ4n) is 4.83. The Balaban J connectivity index is 0.000000314. The number of hydrogen-bond donors (Lipinski definition) is 3. The number of benzene rings is 3. The molecule has 4 rings (SSSR count). The van der Waals surface area contributed by atoms with Crippen LogP contribution in [0.3, 0.4) is 0 Å². The van der Waals surface area contributed by atoms with Crippen LogP contribution in [0.15, 0.2) is 73.3 Å². The molecule has 8 nitrogen and oxygen atoms in total. The molecule has 3 aromatic carbocycles. The molecule has 0 aromatic heterocycles. The number of hydrogen-bond acceptors (Lipinski definition) is 8. The molecule has 0 radical (unpaired) electrons. The molecule has 1 aliphatic rings. The molecule has 0 bridgehead atoms. The number of rotatable bonds is 14. The second kappa shape index (κ2) is 22.8. The predicted octanol–water partition coefficient (Wildman–Crippen LogP) is 6.59. The molecule has 0 spiro atoms. The number of methoxy groups -OCH3 is 3. The first-order valence-electron chi connectivity index (χ1n) is 15.3. The van der Waals surface area contributed by atoms with E-state index in [1.54, 1.807) is 20.3 Å². The lowest BCUT2D eigenvalue weighted by molar-refractivity contribution is 0.0325. The highest BCUT2D eigenvalue weighted by Crippen LogP contribution is 2.28. The summed E-state index contributed by atoms with van der Waals surface area (Å²) < 4.78 is 26.3. The Labute approximate surface area is 269 Å². The molecule has 0 unspecified atom stereocenters. The monoisotopic (exact) mass is 621 g/mol. The summed E-state index contributed by atoms with van der Waals surface area (Å²) in [6, 6.07) is 20.3. The molecule has 8 heteroatoms. The molecular formula is C37H51NO7. The van der Waals surface area contributed by atoms with Crippen LogP contribution in [0.25, 0.3) is 12.2 Å². The van der Waals surface area contributed by atoms with Gasteiger partial charge in [-0.15, -0.1) is 0 Å². The molecule has 0 atom stereocenters. The van der Waals surface area contributed by atoms with Crippen molar-refractivity contribution in [2.45, 2.75) is 45.3 Å². The minimum absolute atomic E-state index is 0.00726. The average molecular weight is 622 g/mol. The van der Waals surface area contributed by atoms with Crippen molar-refractivity contribution in [3.63, 3.8) is 0 Å². The van der Waals surface area contributed by atoms with Crippen LogP contribution in [0.4, 0.5) is 0 Å². The first-order valence-corrected chi connectivity index (χ1v) is 15.3. The Kier molecular flexibility index (Phi) is 19.0. The molecular weight excluding hydrogens is 570 g/mol. The van der Waals surface area contributed by atoms with Gasteiger partial charge in [0, 0.05) is 24.7 Å². The van der Waals surface area contributed by atoms with Crippen molar-refractivity contribution < 1.29 is 33.9 Å². The van der Waals surface area contributed by atoms with Crippen molar-refractivity contribution in [3.8, 4) is 17.2 Å². The fourth-order valence-corrected chi connectivity index (χ4v) is 4.83. The van der Waals surface area contributed by atoms with Crippen molar-refractivity contribution in [2.75, 3.05) is 54.4 Å². The van der Waals surface area contributed by atoms with Gasteiger partial charge < -0.3 is 39.2 Å². The lowest BCUT2D eigenvalue weighted by Crippen LogP contribution is -2.26. The second-order valence-electron chi connectivity index (χ2n) is 10.2. The lowest BCUT2D eigenvalue weighted by atomic mass is 9.90. The van der Waals surface area contributed by atoms with E-state index in [0.29, 0.717) is 25.7 Å². The van der Waals surface area contributed by atoms with Crippen LogP contribution in [-0.2, 0) is 22.7 Å². The number of allylic oxidation sites excluding steroid dienone is 1. The molecule has 45 heavy (non-hydrogen) atoms. The van der Waals surface area contributed by atoms with Gasteiger partial charge in [-0.1, -0.05) is 55.1 Å². The van der Waals surface area contributed by atoms with Crippen molar-refractivity contribution in [3.05, 3.63) is 101 Å². The highest BCUT2D eigenvalue weighted by molar-refractivity contribution is 5.70. The maximum atomic E-state index is 9.09. The minimum atomic E-state index is -0.181. The summed E-state index contributed by atoms with van der Waals surface area (Å²) in [7, 11) is 4.74. The first-order chi connectivity index (χ1) is 22.0. The van der Waals surface area contributed by atoms with Crippen LogP contribution < -0.4 is 19.5 Å². The zero-order chi connectivity index (χ0) is 32.7. The maximum absolute atomic E-state index is 9.09. The van der Waals surface area contributed by atoms with Crippen molar-refractivity contribution >= 4 is 12.2 Å². The molecule has 3 aromatic rings. The summed E-state index contributed by atoms with van der Waals surface area (Å²) in [5.41, 5.74) is 5.29. The third kappa shape index (κ3) is 13.5. The van der Waals surface area contributed by atoms with Crippen LogP contribution in [0.2, 0.25) is 0 Å². The van der Waals surface area contributed by atoms with E-state index in [0.717, 1.165) is 59.0 Å². The van der Waals surface area contributed by atoms with Crippen LogP contribution in [0.5, 0.6) is 17.2 Å². The average Bonchev–Trinajstić information content (AvgIpc) is 3.11. The van der Waals surface area contributed by atoms with E-state index in [9.17, 15) is 0 Å². The molecule has 246 valence electrons. The van der Waals surface area contributed by atoms with E-state index >= 15 is 0 Å². The van der Waals surface area contributed by atoms with Gasteiger partial charge in [0.25, 0.3) is 0 Å². The molecule has 1 fully saturated rings. The Morgan fingerprint density at radius 1 is 0.911 bits per heavy atom. The van der Waals surface area contributed by atoms with Gasteiger partial charge in [-0.2, -0.15) is 0 Å². The largest absolute Gasteiger partial charge is 0.496 e. The van der Waals surface area contributed by atoms with Crippen LogP contribution in [0.1, 0.15) is 59.9 Å². The van der Waals surface area contributed by atoms with Gasteiger partial charge in [-0.25, -0.2) is 0 Å². The third-order valence-corrected chi connectivity index (χ3v) is 7.16. The maximum Gasteiger partial charge on any atom is 0.143 e. The van der Waals surface area contributed by atoms with Crippen LogP contribution >= 0.6 is 0 Å². The topological polar surface area (TPSA) is 98.6 Å². The number of ether oxygens (including phenoxy) is 5. The first kappa shape index (κ1) is 37.5. The van der Waals surface area contributed by atoms with Crippen molar-refractivity contribution in [1.29, 1.82) is 0 Å². The zero-order valence-corrected chi connectivity index (χ0v) is 27.3. The lowest BCUT2D eigenvalue weighted by Gasteiger charge is -2.23. The van der Waals surface area contributed by atoms with Gasteiger partial charge in [0.2, 0.25) is 0 Å². The zero-order valence-electron chi connectivity index (χ0n) is 27.3. The number of nitrogens with one attached hydrogen (secondary N) is 1. The smallest absolute Gasteiger partial charge is 0.143 e. The number of aliphatic hydroxyl groups is 2. The van der Waals surface area contributed by atoms with E-state index in [1.165, 1.54) is 25.5 Å². The summed E-state index contributed by atoms with van der Waals surface area (Å²) in [6.07, 6.45) is 9.00. The molecule has 0 saturated carbocycles. The van der Waals surface area contributed by atoms with Gasteiger partial charge in [0.05, 0.1) is 40.6 Å². The van der Waals surface area contributed by atoms with Gasteiger partial charge in [-0.3, -0.25) is 0 Å². The standard InChI is InChI=1S/C22H29NO3.C13H16O2.C2H6O2/c1-24-22-6-3-2-5-20(22)17-25-15-4-16-26-21-9-7-18(8-10-21)19-11-13-23-14-12-19;1-4-6-12-11(5-2)7-10(9-14)8-13(12)15-3;1-4-2-3/h2-3,5-10,19,23H,4,11-17H2,1H3;4-8,14H,2,9H2,1,3H3;3H,2H2,1H3/b;6-4-;. The number of piperidine rings is 1. The highest BCUT2D eigenvalue weighted by atomic mass is 16.6. The molecule has 3 N–H and O–H groups in total. The normalized spacial score (nSPS) is 12.8. The quantitative estimate of drug-likeness (QED) is 0.137. The Morgan fingerprint density at radius 2 is 1.60 bits per heavy atom. The van der Waals surface area contributed by atoms with E-state index in [2.05, 4.69) is 40.9 Å². The van der Waals surface area contributed by atoms with Crippen LogP contribution in [0, 0.1) is 0 Å². The van der Waals surface area contributed by atoms with Crippen molar-refractivity contribution in [1.82, 2.24) is 5.32 Å². The van der Waals surface area contributed by atoms with Gasteiger partial charge in [0.1, 0.15) is 24.0 Å². The van der Waals surface area contributed by atoms with Crippen molar-refractivity contribution in [2.24, 2.45) is 0 Å². The summed E-state index contributed by atoms with van der Waals surface area (Å²) in [5, 5.41) is 20.2. The van der Waals surface area contributed by atoms with Gasteiger partial charge >= 0.3 is 0 Å².